The maximum absolute atomic E-state index is 5.77. The van der Waals surface area contributed by atoms with Crippen molar-refractivity contribution in [2.45, 2.75) is 57.2 Å². The first kappa shape index (κ1) is 15.3. The lowest BCUT2D eigenvalue weighted by Gasteiger charge is -2.43. The van der Waals surface area contributed by atoms with Crippen molar-refractivity contribution >= 4 is 0 Å². The standard InChI is InChI=1S/C15H27N3O2/c1-11(2)18-14(13(19-4)10-17-18)12(16-3)9-15(20-5)7-6-8-15/h10-12,16H,6-9H2,1-5H3. The molecule has 1 aromatic heterocycles. The van der Waals surface area contributed by atoms with E-state index in [1.165, 1.54) is 6.42 Å². The van der Waals surface area contributed by atoms with Gasteiger partial charge in [-0.3, -0.25) is 4.68 Å². The minimum Gasteiger partial charge on any atom is -0.493 e. The number of methoxy groups -OCH3 is 2. The van der Waals surface area contributed by atoms with E-state index in [0.717, 1.165) is 30.7 Å². The summed E-state index contributed by atoms with van der Waals surface area (Å²) in [5.74, 6) is 0.851. The number of hydrogen-bond acceptors (Lipinski definition) is 4. The topological polar surface area (TPSA) is 48.3 Å². The third kappa shape index (κ3) is 2.69. The quantitative estimate of drug-likeness (QED) is 0.835. The molecule has 1 atom stereocenters. The van der Waals surface area contributed by atoms with Crippen LogP contribution < -0.4 is 10.1 Å². The zero-order chi connectivity index (χ0) is 14.8. The molecule has 2 rings (SSSR count). The molecule has 114 valence electrons. The minimum absolute atomic E-state index is 0.0186. The Kier molecular flexibility index (Phi) is 4.70. The van der Waals surface area contributed by atoms with Crippen molar-refractivity contribution in [3.8, 4) is 5.75 Å². The van der Waals surface area contributed by atoms with Gasteiger partial charge in [0.2, 0.25) is 0 Å². The highest BCUT2D eigenvalue weighted by Gasteiger charge is 2.40. The Bertz CT molecular complexity index is 433. The predicted molar refractivity (Wildman–Crippen MR) is 79.2 cm³/mol. The molecule has 1 aliphatic carbocycles. The van der Waals surface area contributed by atoms with Crippen molar-refractivity contribution in [1.82, 2.24) is 15.1 Å². The summed E-state index contributed by atoms with van der Waals surface area (Å²) in [4.78, 5) is 0. The molecule has 0 spiro atoms. The predicted octanol–water partition coefficient (Wildman–Crippen LogP) is 2.69. The Morgan fingerprint density at radius 1 is 1.40 bits per heavy atom. The Hall–Kier alpha value is -1.07. The summed E-state index contributed by atoms with van der Waals surface area (Å²) < 4.78 is 13.3. The van der Waals surface area contributed by atoms with Gasteiger partial charge >= 0.3 is 0 Å². The molecule has 0 bridgehead atoms. The molecule has 1 aliphatic rings. The van der Waals surface area contributed by atoms with E-state index in [0.29, 0.717) is 6.04 Å². The first-order chi connectivity index (χ1) is 9.56. The highest BCUT2D eigenvalue weighted by atomic mass is 16.5. The SMILES string of the molecule is CNC(CC1(OC)CCC1)c1c(OC)cnn1C(C)C. The molecule has 1 fully saturated rings. The van der Waals surface area contributed by atoms with Crippen LogP contribution >= 0.6 is 0 Å². The van der Waals surface area contributed by atoms with Crippen molar-refractivity contribution in [1.29, 1.82) is 0 Å². The summed E-state index contributed by atoms with van der Waals surface area (Å²) in [6, 6.07) is 0.500. The highest BCUT2D eigenvalue weighted by molar-refractivity contribution is 5.29. The van der Waals surface area contributed by atoms with Gasteiger partial charge in [-0.05, 0) is 46.6 Å². The van der Waals surface area contributed by atoms with Crippen molar-refractivity contribution in [2.24, 2.45) is 0 Å². The Balaban J connectivity index is 2.28. The summed E-state index contributed by atoms with van der Waals surface area (Å²) in [6.07, 6.45) is 6.29. The first-order valence-corrected chi connectivity index (χ1v) is 7.40. The summed E-state index contributed by atoms with van der Waals surface area (Å²) >= 11 is 0. The summed E-state index contributed by atoms with van der Waals surface area (Å²) in [6.45, 7) is 4.27. The smallest absolute Gasteiger partial charge is 0.161 e. The van der Waals surface area contributed by atoms with Crippen LogP contribution in [0.15, 0.2) is 6.20 Å². The molecular weight excluding hydrogens is 254 g/mol. The third-order valence-corrected chi connectivity index (χ3v) is 4.46. The Labute approximate surface area is 121 Å². The molecule has 0 saturated heterocycles. The Morgan fingerprint density at radius 3 is 2.50 bits per heavy atom. The summed E-state index contributed by atoms with van der Waals surface area (Å²) in [5, 5.41) is 7.88. The van der Waals surface area contributed by atoms with E-state index >= 15 is 0 Å². The fraction of sp³-hybridized carbons (Fsp3) is 0.800. The normalized spacial score (nSPS) is 18.9. The first-order valence-electron chi connectivity index (χ1n) is 7.40. The maximum Gasteiger partial charge on any atom is 0.161 e. The van der Waals surface area contributed by atoms with Gasteiger partial charge < -0.3 is 14.8 Å². The van der Waals surface area contributed by atoms with Crippen molar-refractivity contribution < 1.29 is 9.47 Å². The van der Waals surface area contributed by atoms with Crippen LogP contribution in [-0.4, -0.2) is 36.6 Å². The lowest BCUT2D eigenvalue weighted by Crippen LogP contribution is -2.42. The largest absolute Gasteiger partial charge is 0.493 e. The fourth-order valence-electron chi connectivity index (χ4n) is 3.03. The zero-order valence-corrected chi connectivity index (χ0v) is 13.3. The van der Waals surface area contributed by atoms with Gasteiger partial charge in [0.1, 0.15) is 0 Å². The second kappa shape index (κ2) is 6.14. The van der Waals surface area contributed by atoms with Gasteiger partial charge in [0.15, 0.2) is 5.75 Å². The molecule has 5 nitrogen and oxygen atoms in total. The maximum atomic E-state index is 5.77. The van der Waals surface area contributed by atoms with Crippen LogP contribution in [0.1, 0.15) is 57.3 Å². The molecule has 5 heteroatoms. The van der Waals surface area contributed by atoms with Gasteiger partial charge in [-0.1, -0.05) is 0 Å². The van der Waals surface area contributed by atoms with E-state index < -0.39 is 0 Å². The molecule has 0 aliphatic heterocycles. The molecule has 1 heterocycles. The van der Waals surface area contributed by atoms with Crippen LogP contribution in [0.3, 0.4) is 0 Å². The number of nitrogens with one attached hydrogen (secondary N) is 1. The highest BCUT2D eigenvalue weighted by Crippen LogP contribution is 2.43. The molecule has 0 amide bonds. The van der Waals surface area contributed by atoms with Gasteiger partial charge in [-0.2, -0.15) is 5.10 Å². The van der Waals surface area contributed by atoms with Gasteiger partial charge in [-0.15, -0.1) is 0 Å². The van der Waals surface area contributed by atoms with Gasteiger partial charge in [0.05, 0.1) is 30.6 Å². The van der Waals surface area contributed by atoms with Gasteiger partial charge in [0, 0.05) is 13.2 Å². The van der Waals surface area contributed by atoms with Crippen LogP contribution in [-0.2, 0) is 4.74 Å². The van der Waals surface area contributed by atoms with E-state index in [2.05, 4.69) is 24.3 Å². The third-order valence-electron chi connectivity index (χ3n) is 4.46. The lowest BCUT2D eigenvalue weighted by atomic mass is 9.75. The summed E-state index contributed by atoms with van der Waals surface area (Å²) in [5.41, 5.74) is 1.14. The molecule has 1 unspecified atom stereocenters. The average Bonchev–Trinajstić information content (AvgIpc) is 2.82. The number of nitrogens with zero attached hydrogens (tertiary/aromatic N) is 2. The molecule has 1 N–H and O–H groups in total. The van der Waals surface area contributed by atoms with Crippen molar-refractivity contribution in [2.75, 3.05) is 21.3 Å². The van der Waals surface area contributed by atoms with Crippen LogP contribution in [0, 0.1) is 0 Å². The number of ether oxygens (including phenoxy) is 2. The molecule has 0 aromatic carbocycles. The van der Waals surface area contributed by atoms with Gasteiger partial charge in [0.25, 0.3) is 0 Å². The molecule has 1 saturated carbocycles. The minimum atomic E-state index is 0.0186. The molecule has 1 aromatic rings. The van der Waals surface area contributed by atoms with Crippen LogP contribution in [0.2, 0.25) is 0 Å². The van der Waals surface area contributed by atoms with E-state index in [1.54, 1.807) is 13.3 Å². The van der Waals surface area contributed by atoms with E-state index in [9.17, 15) is 0 Å². The second-order valence-electron chi connectivity index (χ2n) is 5.92. The molecule has 0 radical (unpaired) electrons. The van der Waals surface area contributed by atoms with E-state index in [-0.39, 0.29) is 11.6 Å². The van der Waals surface area contributed by atoms with Gasteiger partial charge in [-0.25, -0.2) is 0 Å². The number of hydrogen-bond donors (Lipinski definition) is 1. The van der Waals surface area contributed by atoms with E-state index in [4.69, 9.17) is 9.47 Å². The second-order valence-corrected chi connectivity index (χ2v) is 5.92. The van der Waals surface area contributed by atoms with Crippen molar-refractivity contribution in [3.05, 3.63) is 11.9 Å². The van der Waals surface area contributed by atoms with E-state index in [1.807, 2.05) is 18.8 Å². The molecule has 20 heavy (non-hydrogen) atoms. The van der Waals surface area contributed by atoms with Crippen LogP contribution in [0.25, 0.3) is 0 Å². The average molecular weight is 281 g/mol. The Morgan fingerprint density at radius 2 is 2.10 bits per heavy atom. The monoisotopic (exact) mass is 281 g/mol. The van der Waals surface area contributed by atoms with Crippen LogP contribution in [0.5, 0.6) is 5.75 Å². The molecular formula is C15H27N3O2. The number of rotatable bonds is 7. The van der Waals surface area contributed by atoms with Crippen LogP contribution in [0.4, 0.5) is 0 Å². The zero-order valence-electron chi connectivity index (χ0n) is 13.3. The van der Waals surface area contributed by atoms with Crippen molar-refractivity contribution in [3.63, 3.8) is 0 Å². The lowest BCUT2D eigenvalue weighted by molar-refractivity contribution is -0.0840. The summed E-state index contributed by atoms with van der Waals surface area (Å²) in [7, 11) is 5.51. The number of aromatic nitrogens is 2. The fourth-order valence-corrected chi connectivity index (χ4v) is 3.03.